The lowest BCUT2D eigenvalue weighted by Gasteiger charge is -2.06. The first-order chi connectivity index (χ1) is 7.13. The molecule has 4 nitrogen and oxygen atoms in total. The van der Waals surface area contributed by atoms with E-state index in [4.69, 9.17) is 15.9 Å². The SMILES string of the molecule is N[C@@H](Cc1ccc(CCO)cc1)C(=O)O. The Morgan fingerprint density at radius 1 is 1.27 bits per heavy atom. The highest BCUT2D eigenvalue weighted by Gasteiger charge is 2.11. The average molecular weight is 209 g/mol. The zero-order valence-corrected chi connectivity index (χ0v) is 8.39. The number of aliphatic hydroxyl groups excluding tert-OH is 1. The molecule has 0 radical (unpaired) electrons. The van der Waals surface area contributed by atoms with Crippen LogP contribution >= 0.6 is 0 Å². The number of carboxylic acid groups (broad SMARTS) is 1. The summed E-state index contributed by atoms with van der Waals surface area (Å²) in [6.07, 6.45) is 0.944. The molecule has 0 aliphatic carbocycles. The Morgan fingerprint density at radius 3 is 2.27 bits per heavy atom. The summed E-state index contributed by atoms with van der Waals surface area (Å²) in [7, 11) is 0. The van der Waals surface area contributed by atoms with E-state index < -0.39 is 12.0 Å². The maximum absolute atomic E-state index is 10.5. The maximum atomic E-state index is 10.5. The van der Waals surface area contributed by atoms with Crippen LogP contribution in [0.2, 0.25) is 0 Å². The van der Waals surface area contributed by atoms with Crippen molar-refractivity contribution in [2.24, 2.45) is 5.73 Å². The van der Waals surface area contributed by atoms with Crippen LogP contribution in [0.3, 0.4) is 0 Å². The third-order valence-electron chi connectivity index (χ3n) is 2.20. The van der Waals surface area contributed by atoms with E-state index in [-0.39, 0.29) is 6.61 Å². The second-order valence-electron chi connectivity index (χ2n) is 3.44. The fourth-order valence-electron chi connectivity index (χ4n) is 1.31. The summed E-state index contributed by atoms with van der Waals surface area (Å²) in [5.41, 5.74) is 7.33. The third-order valence-corrected chi connectivity index (χ3v) is 2.20. The molecule has 0 amide bonds. The molecule has 4 heteroatoms. The highest BCUT2D eigenvalue weighted by molar-refractivity contribution is 5.73. The maximum Gasteiger partial charge on any atom is 0.320 e. The number of nitrogens with two attached hydrogens (primary N) is 1. The summed E-state index contributed by atoms with van der Waals surface area (Å²) in [6.45, 7) is 0.119. The standard InChI is InChI=1S/C11H15NO3/c12-10(11(14)15)7-9-3-1-8(2-4-9)5-6-13/h1-4,10,13H,5-7,12H2,(H,14,15)/t10-/m0/s1. The highest BCUT2D eigenvalue weighted by Crippen LogP contribution is 2.07. The summed E-state index contributed by atoms with van der Waals surface area (Å²) >= 11 is 0. The van der Waals surface area contributed by atoms with Gasteiger partial charge in [-0.25, -0.2) is 0 Å². The van der Waals surface area contributed by atoms with Gasteiger partial charge in [0, 0.05) is 6.61 Å². The normalized spacial score (nSPS) is 12.4. The van der Waals surface area contributed by atoms with Crippen LogP contribution in [-0.2, 0) is 17.6 Å². The Balaban J connectivity index is 2.60. The van der Waals surface area contributed by atoms with Gasteiger partial charge in [0.05, 0.1) is 0 Å². The Labute approximate surface area is 88.3 Å². The Hall–Kier alpha value is -1.39. The molecular weight excluding hydrogens is 194 g/mol. The molecule has 0 heterocycles. The number of carbonyl (C=O) groups is 1. The summed E-state index contributed by atoms with van der Waals surface area (Å²) in [5, 5.41) is 17.3. The van der Waals surface area contributed by atoms with Crippen LogP contribution in [0.4, 0.5) is 0 Å². The second-order valence-corrected chi connectivity index (χ2v) is 3.44. The van der Waals surface area contributed by atoms with Crippen molar-refractivity contribution in [3.63, 3.8) is 0 Å². The lowest BCUT2D eigenvalue weighted by Crippen LogP contribution is -2.32. The summed E-state index contributed by atoms with van der Waals surface area (Å²) in [6, 6.07) is 6.58. The molecule has 1 atom stereocenters. The number of hydrogen-bond donors (Lipinski definition) is 3. The molecule has 15 heavy (non-hydrogen) atoms. The van der Waals surface area contributed by atoms with E-state index in [1.807, 2.05) is 24.3 Å². The van der Waals surface area contributed by atoms with E-state index in [0.717, 1.165) is 11.1 Å². The van der Waals surface area contributed by atoms with Crippen molar-refractivity contribution in [1.82, 2.24) is 0 Å². The molecule has 0 aliphatic rings. The van der Waals surface area contributed by atoms with Gasteiger partial charge in [0.1, 0.15) is 6.04 Å². The molecule has 0 fully saturated rings. The minimum absolute atomic E-state index is 0.119. The Bertz CT molecular complexity index is 321. The zero-order chi connectivity index (χ0) is 11.3. The van der Waals surface area contributed by atoms with Crippen LogP contribution in [0.5, 0.6) is 0 Å². The molecular formula is C11H15NO3. The van der Waals surface area contributed by atoms with Gasteiger partial charge in [-0.1, -0.05) is 24.3 Å². The van der Waals surface area contributed by atoms with E-state index in [0.29, 0.717) is 12.8 Å². The van der Waals surface area contributed by atoms with Crippen LogP contribution in [0.25, 0.3) is 0 Å². The Kier molecular flexibility index (Phi) is 4.27. The van der Waals surface area contributed by atoms with E-state index >= 15 is 0 Å². The quantitative estimate of drug-likeness (QED) is 0.645. The smallest absolute Gasteiger partial charge is 0.320 e. The Morgan fingerprint density at radius 2 is 1.80 bits per heavy atom. The molecule has 0 aliphatic heterocycles. The second kappa shape index (κ2) is 5.48. The van der Waals surface area contributed by atoms with Crippen LogP contribution in [0.15, 0.2) is 24.3 Å². The predicted octanol–water partition coefficient (Wildman–Crippen LogP) is 0.176. The van der Waals surface area contributed by atoms with Crippen molar-refractivity contribution in [3.05, 3.63) is 35.4 Å². The molecule has 0 saturated carbocycles. The predicted molar refractivity (Wildman–Crippen MR) is 56.5 cm³/mol. The fourth-order valence-corrected chi connectivity index (χ4v) is 1.31. The topological polar surface area (TPSA) is 83.5 Å². The van der Waals surface area contributed by atoms with Gasteiger partial charge in [-0.3, -0.25) is 4.79 Å². The fraction of sp³-hybridized carbons (Fsp3) is 0.364. The number of aliphatic carboxylic acids is 1. The number of benzene rings is 1. The van der Waals surface area contributed by atoms with Gasteiger partial charge in [-0.15, -0.1) is 0 Å². The first-order valence-corrected chi connectivity index (χ1v) is 4.80. The van der Waals surface area contributed by atoms with Crippen LogP contribution < -0.4 is 5.73 Å². The van der Waals surface area contributed by atoms with Crippen LogP contribution in [0.1, 0.15) is 11.1 Å². The van der Waals surface area contributed by atoms with Gasteiger partial charge in [-0.05, 0) is 24.0 Å². The minimum Gasteiger partial charge on any atom is -0.480 e. The number of aliphatic hydroxyl groups is 1. The van der Waals surface area contributed by atoms with Crippen molar-refractivity contribution < 1.29 is 15.0 Å². The monoisotopic (exact) mass is 209 g/mol. The largest absolute Gasteiger partial charge is 0.480 e. The van der Waals surface area contributed by atoms with Crippen LogP contribution in [-0.4, -0.2) is 28.8 Å². The molecule has 4 N–H and O–H groups in total. The molecule has 0 unspecified atom stereocenters. The van der Waals surface area contributed by atoms with Gasteiger partial charge in [0.25, 0.3) is 0 Å². The summed E-state index contributed by atoms with van der Waals surface area (Å²) in [4.78, 5) is 10.5. The van der Waals surface area contributed by atoms with Gasteiger partial charge in [0.2, 0.25) is 0 Å². The molecule has 1 rings (SSSR count). The number of carboxylic acids is 1. The first-order valence-electron chi connectivity index (χ1n) is 4.80. The van der Waals surface area contributed by atoms with E-state index in [9.17, 15) is 4.79 Å². The number of rotatable bonds is 5. The lowest BCUT2D eigenvalue weighted by molar-refractivity contribution is -0.138. The van der Waals surface area contributed by atoms with Gasteiger partial charge in [0.15, 0.2) is 0 Å². The zero-order valence-electron chi connectivity index (χ0n) is 8.39. The summed E-state index contributed by atoms with van der Waals surface area (Å²) < 4.78 is 0. The van der Waals surface area contributed by atoms with Crippen LogP contribution in [0, 0.1) is 0 Å². The van der Waals surface area contributed by atoms with Gasteiger partial charge in [-0.2, -0.15) is 0 Å². The van der Waals surface area contributed by atoms with Crippen molar-refractivity contribution in [3.8, 4) is 0 Å². The molecule has 1 aromatic rings. The van der Waals surface area contributed by atoms with E-state index in [1.165, 1.54) is 0 Å². The molecule has 82 valence electrons. The summed E-state index contributed by atoms with van der Waals surface area (Å²) in [5.74, 6) is -0.991. The minimum atomic E-state index is -0.991. The molecule has 0 aromatic heterocycles. The highest BCUT2D eigenvalue weighted by atomic mass is 16.4. The van der Waals surface area contributed by atoms with Crippen molar-refractivity contribution in [1.29, 1.82) is 0 Å². The average Bonchev–Trinajstić information content (AvgIpc) is 2.21. The van der Waals surface area contributed by atoms with Gasteiger partial charge >= 0.3 is 5.97 Å². The van der Waals surface area contributed by atoms with Gasteiger partial charge < -0.3 is 15.9 Å². The first kappa shape index (κ1) is 11.7. The molecule has 0 bridgehead atoms. The molecule has 0 saturated heterocycles. The van der Waals surface area contributed by atoms with Crippen molar-refractivity contribution in [2.45, 2.75) is 18.9 Å². The van der Waals surface area contributed by atoms with Crippen molar-refractivity contribution in [2.75, 3.05) is 6.61 Å². The third kappa shape index (κ3) is 3.69. The molecule has 1 aromatic carbocycles. The van der Waals surface area contributed by atoms with E-state index in [1.54, 1.807) is 0 Å². The lowest BCUT2D eigenvalue weighted by atomic mass is 10.0. The van der Waals surface area contributed by atoms with Crippen molar-refractivity contribution >= 4 is 5.97 Å². The van der Waals surface area contributed by atoms with E-state index in [2.05, 4.69) is 0 Å². The number of hydrogen-bond acceptors (Lipinski definition) is 3. The molecule has 0 spiro atoms.